The molecule has 1 atom stereocenters. The summed E-state index contributed by atoms with van der Waals surface area (Å²) in [5.41, 5.74) is 3.45. The summed E-state index contributed by atoms with van der Waals surface area (Å²) in [4.78, 5) is 0. The molecule has 1 saturated carbocycles. The van der Waals surface area contributed by atoms with Gasteiger partial charge in [0.25, 0.3) is 0 Å². The number of halogens is 1. The lowest BCUT2D eigenvalue weighted by Crippen LogP contribution is -2.55. The molecule has 2 aromatic carbocycles. The number of benzene rings is 2. The molecule has 1 aliphatic rings. The fourth-order valence-corrected chi connectivity index (χ4v) is 4.08. The van der Waals surface area contributed by atoms with E-state index in [-0.39, 0.29) is 13.0 Å². The predicted molar refractivity (Wildman–Crippen MR) is 109 cm³/mol. The molecule has 138 valence electrons. The summed E-state index contributed by atoms with van der Waals surface area (Å²) in [5.74, 6) is 0. The van der Waals surface area contributed by atoms with Crippen molar-refractivity contribution in [2.24, 2.45) is 0 Å². The highest BCUT2D eigenvalue weighted by Gasteiger charge is 2.39. The van der Waals surface area contributed by atoms with Crippen molar-refractivity contribution in [3.8, 4) is 17.2 Å². The van der Waals surface area contributed by atoms with E-state index in [2.05, 4.69) is 31.9 Å². The first-order valence-electron chi connectivity index (χ1n) is 8.56. The Morgan fingerprint density at radius 2 is 1.77 bits per heavy atom. The molecule has 0 heterocycles. The zero-order valence-corrected chi connectivity index (χ0v) is 15.6. The van der Waals surface area contributed by atoms with Crippen molar-refractivity contribution in [3.63, 3.8) is 0 Å². The summed E-state index contributed by atoms with van der Waals surface area (Å²) in [6.45, 7) is 0.595. The van der Waals surface area contributed by atoms with Gasteiger partial charge in [-0.15, -0.1) is 0 Å². The molecule has 1 fully saturated rings. The van der Waals surface area contributed by atoms with Crippen LogP contribution in [0.3, 0.4) is 0 Å². The summed E-state index contributed by atoms with van der Waals surface area (Å²) >= 11 is 3.33. The Morgan fingerprint density at radius 1 is 1.12 bits per heavy atom. The molecule has 3 N–H and O–H groups in total. The van der Waals surface area contributed by atoms with Gasteiger partial charge in [-0.3, -0.25) is 5.32 Å². The fourth-order valence-electron chi connectivity index (χ4n) is 3.47. The predicted octanol–water partition coefficient (Wildman–Crippen LogP) is 4.48. The highest BCUT2D eigenvalue weighted by molar-refractivity contribution is 9.08. The van der Waals surface area contributed by atoms with Gasteiger partial charge < -0.3 is 5.11 Å². The molecule has 0 aromatic heterocycles. The maximum absolute atomic E-state index is 10.5. The van der Waals surface area contributed by atoms with E-state index in [1.807, 2.05) is 48.5 Å². The van der Waals surface area contributed by atoms with Crippen molar-refractivity contribution in [3.05, 3.63) is 59.7 Å². The van der Waals surface area contributed by atoms with Crippen LogP contribution < -0.4 is 9.66 Å². The van der Waals surface area contributed by atoms with Crippen LogP contribution in [0.1, 0.15) is 44.2 Å². The zero-order valence-electron chi connectivity index (χ0n) is 14.0. The topological polar surface area (TPSA) is 68.1 Å². The monoisotopic (exact) mass is 415 g/mol. The summed E-state index contributed by atoms with van der Waals surface area (Å²) < 4.78 is 3.13. The second kappa shape index (κ2) is 9.29. The number of nitrogens with zero attached hydrogens (tertiary/aromatic N) is 1. The lowest BCUT2D eigenvalue weighted by Gasteiger charge is -2.33. The minimum atomic E-state index is -0.603. The smallest absolute Gasteiger partial charge is 0.124 e. The zero-order chi connectivity index (χ0) is 17.7. The quantitative estimate of drug-likeness (QED) is 0.480. The second-order valence-electron chi connectivity index (χ2n) is 6.60. The first-order valence-corrected chi connectivity index (χ1v) is 9.35. The van der Waals surface area contributed by atoms with Crippen LogP contribution in [0.15, 0.2) is 48.5 Å². The van der Waals surface area contributed by atoms with Gasteiger partial charge in [-0.05, 0) is 35.6 Å². The second-order valence-corrected chi connectivity index (χ2v) is 6.99. The molecule has 0 aliphatic heterocycles. The van der Waals surface area contributed by atoms with E-state index >= 15 is 0 Å². The summed E-state index contributed by atoms with van der Waals surface area (Å²) in [6.07, 6.45) is 3.56. The molecule has 0 bridgehead atoms. The highest BCUT2D eigenvalue weighted by Crippen LogP contribution is 2.33. The van der Waals surface area contributed by atoms with Crippen LogP contribution in [-0.4, -0.2) is 16.9 Å². The SMILES string of the molecule is C.N#Cc1ccccc1-c1ccc(CNC(O)C2(NBr)CCCC2)cc1. The number of aliphatic hydroxyl groups excluding tert-OH is 1. The van der Waals surface area contributed by atoms with Crippen molar-refractivity contribution in [2.75, 3.05) is 0 Å². The lowest BCUT2D eigenvalue weighted by atomic mass is 9.96. The van der Waals surface area contributed by atoms with Crippen LogP contribution >= 0.6 is 16.1 Å². The van der Waals surface area contributed by atoms with Gasteiger partial charge in [0, 0.05) is 22.7 Å². The number of nitriles is 1. The van der Waals surface area contributed by atoms with Gasteiger partial charge in [0.1, 0.15) is 6.23 Å². The molecule has 4 nitrogen and oxygen atoms in total. The molecule has 0 saturated heterocycles. The van der Waals surface area contributed by atoms with Gasteiger partial charge in [-0.1, -0.05) is 62.7 Å². The van der Waals surface area contributed by atoms with Crippen molar-refractivity contribution in [2.45, 2.75) is 51.4 Å². The Bertz CT molecular complexity index is 749. The molecule has 0 radical (unpaired) electrons. The van der Waals surface area contributed by atoms with E-state index in [4.69, 9.17) is 0 Å². The maximum Gasteiger partial charge on any atom is 0.124 e. The summed E-state index contributed by atoms with van der Waals surface area (Å²) in [6, 6.07) is 17.9. The largest absolute Gasteiger partial charge is 0.377 e. The van der Waals surface area contributed by atoms with Gasteiger partial charge in [0.05, 0.1) is 17.2 Å². The molecule has 26 heavy (non-hydrogen) atoms. The minimum Gasteiger partial charge on any atom is -0.377 e. The third-order valence-electron chi connectivity index (χ3n) is 5.02. The Hall–Kier alpha value is -1.71. The molecular formula is C21H26BrN3O. The van der Waals surface area contributed by atoms with Crippen LogP contribution in [0.25, 0.3) is 11.1 Å². The molecule has 5 heteroatoms. The van der Waals surface area contributed by atoms with Crippen molar-refractivity contribution < 1.29 is 5.11 Å². The number of hydrogen-bond donors (Lipinski definition) is 3. The first-order chi connectivity index (χ1) is 12.2. The number of aliphatic hydroxyl groups is 1. The third-order valence-corrected chi connectivity index (χ3v) is 5.81. The van der Waals surface area contributed by atoms with E-state index in [1.165, 1.54) is 0 Å². The van der Waals surface area contributed by atoms with Gasteiger partial charge in [0.15, 0.2) is 0 Å². The molecule has 2 aromatic rings. The first kappa shape index (κ1) is 20.6. The van der Waals surface area contributed by atoms with Crippen LogP contribution in [0, 0.1) is 11.3 Å². The van der Waals surface area contributed by atoms with Gasteiger partial charge in [0.2, 0.25) is 0 Å². The number of rotatable bonds is 6. The van der Waals surface area contributed by atoms with Crippen molar-refractivity contribution in [1.82, 2.24) is 9.66 Å². The molecule has 1 unspecified atom stereocenters. The number of hydrogen-bond acceptors (Lipinski definition) is 4. The average Bonchev–Trinajstić information content (AvgIpc) is 3.17. The van der Waals surface area contributed by atoms with E-state index < -0.39 is 6.23 Å². The lowest BCUT2D eigenvalue weighted by molar-refractivity contribution is 0.0480. The van der Waals surface area contributed by atoms with E-state index in [0.717, 1.165) is 42.4 Å². The van der Waals surface area contributed by atoms with E-state index in [9.17, 15) is 10.4 Å². The standard InChI is InChI=1S/C20H22BrN3O.CH4/c21-24-20(11-3-4-12-20)19(25)23-14-15-7-9-16(10-8-15)18-6-2-1-5-17(18)13-22;/h1-2,5-10,19,23-25H,3-4,11-12,14H2;1H4. The average molecular weight is 416 g/mol. The molecule has 1 aliphatic carbocycles. The van der Waals surface area contributed by atoms with E-state index in [0.29, 0.717) is 12.1 Å². The molecular weight excluding hydrogens is 390 g/mol. The highest BCUT2D eigenvalue weighted by atomic mass is 79.9. The van der Waals surface area contributed by atoms with Gasteiger partial charge in [-0.25, -0.2) is 4.34 Å². The fraction of sp³-hybridized carbons (Fsp3) is 0.381. The summed E-state index contributed by atoms with van der Waals surface area (Å²) in [5, 5.41) is 23.0. The number of nitrogens with one attached hydrogen (secondary N) is 2. The Labute approximate surface area is 164 Å². The molecule has 0 spiro atoms. The maximum atomic E-state index is 10.5. The summed E-state index contributed by atoms with van der Waals surface area (Å²) in [7, 11) is 0. The van der Waals surface area contributed by atoms with E-state index in [1.54, 1.807) is 0 Å². The minimum absolute atomic E-state index is 0. The molecule has 0 amide bonds. The Kier molecular flexibility index (Phi) is 7.36. The van der Waals surface area contributed by atoms with Crippen molar-refractivity contribution in [1.29, 1.82) is 5.26 Å². The van der Waals surface area contributed by atoms with Crippen LogP contribution in [0.5, 0.6) is 0 Å². The third kappa shape index (κ3) is 4.33. The van der Waals surface area contributed by atoms with Crippen LogP contribution in [0.2, 0.25) is 0 Å². The Balaban J connectivity index is 0.00000243. The van der Waals surface area contributed by atoms with Crippen LogP contribution in [0.4, 0.5) is 0 Å². The van der Waals surface area contributed by atoms with Gasteiger partial charge >= 0.3 is 0 Å². The normalized spacial score (nSPS) is 16.5. The van der Waals surface area contributed by atoms with Gasteiger partial charge in [-0.2, -0.15) is 5.26 Å². The van der Waals surface area contributed by atoms with Crippen LogP contribution in [-0.2, 0) is 6.54 Å². The molecule has 3 rings (SSSR count). The van der Waals surface area contributed by atoms with Crippen molar-refractivity contribution >= 4 is 16.1 Å². The Morgan fingerprint density at radius 3 is 2.38 bits per heavy atom.